The molecule has 4 aromatic rings. The van der Waals surface area contributed by atoms with Crippen molar-refractivity contribution >= 4 is 23.4 Å². The molecule has 0 atom stereocenters. The van der Waals surface area contributed by atoms with Gasteiger partial charge < -0.3 is 9.73 Å². The molecule has 29 heavy (non-hydrogen) atoms. The zero-order chi connectivity index (χ0) is 19.9. The van der Waals surface area contributed by atoms with E-state index in [1.807, 2.05) is 72.8 Å². The van der Waals surface area contributed by atoms with Crippen LogP contribution in [0.4, 0.5) is 5.69 Å². The standard InChI is InChI=1S/C24H20N2O2S/c27-23(15-16-24-25-17-21(28-24)18-9-3-1-4-10-18)26-20-13-7-8-14-22(20)29-19-11-5-2-6-12-19/h1-14,17H,15-16H2,(H,26,27). The molecule has 0 aliphatic heterocycles. The van der Waals surface area contributed by atoms with Gasteiger partial charge in [-0.1, -0.05) is 72.4 Å². The molecule has 0 unspecified atom stereocenters. The van der Waals surface area contributed by atoms with Gasteiger partial charge in [0, 0.05) is 28.2 Å². The van der Waals surface area contributed by atoms with Crippen molar-refractivity contribution in [2.24, 2.45) is 0 Å². The number of anilines is 1. The minimum absolute atomic E-state index is 0.0643. The maximum Gasteiger partial charge on any atom is 0.224 e. The highest BCUT2D eigenvalue weighted by atomic mass is 32.2. The van der Waals surface area contributed by atoms with Gasteiger partial charge in [0.05, 0.1) is 11.9 Å². The van der Waals surface area contributed by atoms with E-state index in [0.29, 0.717) is 24.5 Å². The SMILES string of the molecule is O=C(CCc1ncc(-c2ccccc2)o1)Nc1ccccc1Sc1ccccc1. The molecule has 4 nitrogen and oxygen atoms in total. The van der Waals surface area contributed by atoms with Gasteiger partial charge >= 0.3 is 0 Å². The highest BCUT2D eigenvalue weighted by Crippen LogP contribution is 2.33. The number of carbonyl (C=O) groups is 1. The van der Waals surface area contributed by atoms with E-state index >= 15 is 0 Å². The number of aryl methyl sites for hydroxylation is 1. The lowest BCUT2D eigenvalue weighted by atomic mass is 10.2. The molecule has 1 amide bonds. The largest absolute Gasteiger partial charge is 0.441 e. The molecular weight excluding hydrogens is 380 g/mol. The fraction of sp³-hybridized carbons (Fsp3) is 0.0833. The number of carbonyl (C=O) groups excluding carboxylic acids is 1. The van der Waals surface area contributed by atoms with Crippen LogP contribution in [0.3, 0.4) is 0 Å². The summed E-state index contributed by atoms with van der Waals surface area (Å²) in [6.07, 6.45) is 2.46. The van der Waals surface area contributed by atoms with E-state index in [4.69, 9.17) is 4.42 Å². The van der Waals surface area contributed by atoms with Gasteiger partial charge in [0.25, 0.3) is 0 Å². The Balaban J connectivity index is 1.36. The first-order valence-corrected chi connectivity index (χ1v) is 10.2. The van der Waals surface area contributed by atoms with Crippen molar-refractivity contribution in [1.29, 1.82) is 0 Å². The van der Waals surface area contributed by atoms with Gasteiger partial charge in [-0.2, -0.15) is 0 Å². The molecular formula is C24H20N2O2S. The summed E-state index contributed by atoms with van der Waals surface area (Å²) < 4.78 is 5.78. The zero-order valence-corrected chi connectivity index (χ0v) is 16.6. The van der Waals surface area contributed by atoms with Crippen molar-refractivity contribution in [2.45, 2.75) is 22.6 Å². The number of benzene rings is 3. The fourth-order valence-corrected chi connectivity index (χ4v) is 3.79. The average Bonchev–Trinajstić information content (AvgIpc) is 3.24. The third-order valence-electron chi connectivity index (χ3n) is 4.31. The van der Waals surface area contributed by atoms with E-state index in [2.05, 4.69) is 22.4 Å². The van der Waals surface area contributed by atoms with Crippen LogP contribution in [0, 0.1) is 0 Å². The highest BCUT2D eigenvalue weighted by molar-refractivity contribution is 7.99. The molecule has 1 heterocycles. The number of nitrogens with zero attached hydrogens (tertiary/aromatic N) is 1. The van der Waals surface area contributed by atoms with Crippen LogP contribution in [0.15, 0.2) is 105 Å². The molecule has 0 saturated carbocycles. The van der Waals surface area contributed by atoms with E-state index < -0.39 is 0 Å². The third kappa shape index (κ3) is 5.15. The maximum atomic E-state index is 12.5. The molecule has 0 fully saturated rings. The second-order valence-electron chi connectivity index (χ2n) is 6.44. The summed E-state index contributed by atoms with van der Waals surface area (Å²) in [6, 6.07) is 27.7. The molecule has 5 heteroatoms. The molecule has 0 saturated heterocycles. The second-order valence-corrected chi connectivity index (χ2v) is 7.56. The van der Waals surface area contributed by atoms with Crippen LogP contribution in [-0.2, 0) is 11.2 Å². The lowest BCUT2D eigenvalue weighted by Crippen LogP contribution is -2.13. The molecule has 0 bridgehead atoms. The van der Waals surface area contributed by atoms with Crippen LogP contribution in [0.5, 0.6) is 0 Å². The molecule has 0 radical (unpaired) electrons. The van der Waals surface area contributed by atoms with Crippen LogP contribution in [0.1, 0.15) is 12.3 Å². The Morgan fingerprint density at radius 3 is 2.38 bits per heavy atom. The number of amides is 1. The number of rotatable bonds is 7. The smallest absolute Gasteiger partial charge is 0.224 e. The molecule has 3 aromatic carbocycles. The third-order valence-corrected chi connectivity index (χ3v) is 5.39. The number of aromatic nitrogens is 1. The summed E-state index contributed by atoms with van der Waals surface area (Å²) in [5.41, 5.74) is 1.78. The fourth-order valence-electron chi connectivity index (χ4n) is 2.87. The van der Waals surface area contributed by atoms with Crippen molar-refractivity contribution in [3.8, 4) is 11.3 Å². The Bertz CT molecular complexity index is 1080. The number of oxazole rings is 1. The normalized spacial score (nSPS) is 10.6. The second kappa shape index (κ2) is 9.26. The van der Waals surface area contributed by atoms with E-state index in [9.17, 15) is 4.79 Å². The summed E-state index contributed by atoms with van der Waals surface area (Å²) in [5, 5.41) is 3.01. The van der Waals surface area contributed by atoms with Crippen molar-refractivity contribution in [1.82, 2.24) is 4.98 Å². The molecule has 0 spiro atoms. The van der Waals surface area contributed by atoms with Crippen LogP contribution < -0.4 is 5.32 Å². The Morgan fingerprint density at radius 2 is 1.59 bits per heavy atom. The molecule has 4 rings (SSSR count). The monoisotopic (exact) mass is 400 g/mol. The summed E-state index contributed by atoms with van der Waals surface area (Å²) in [5.74, 6) is 1.21. The van der Waals surface area contributed by atoms with Gasteiger partial charge in [-0.25, -0.2) is 4.98 Å². The van der Waals surface area contributed by atoms with Gasteiger partial charge in [-0.3, -0.25) is 4.79 Å². The minimum atomic E-state index is -0.0643. The molecule has 1 N–H and O–H groups in total. The van der Waals surface area contributed by atoms with E-state index in [-0.39, 0.29) is 5.91 Å². The average molecular weight is 401 g/mol. The van der Waals surface area contributed by atoms with Gasteiger partial charge in [-0.15, -0.1) is 0 Å². The first-order chi connectivity index (χ1) is 14.3. The first-order valence-electron chi connectivity index (χ1n) is 9.40. The Hall–Kier alpha value is -3.31. The van der Waals surface area contributed by atoms with Crippen LogP contribution in [-0.4, -0.2) is 10.9 Å². The molecule has 144 valence electrons. The van der Waals surface area contributed by atoms with E-state index in [0.717, 1.165) is 21.0 Å². The Labute approximate surface area is 174 Å². The van der Waals surface area contributed by atoms with Crippen molar-refractivity contribution in [3.63, 3.8) is 0 Å². The lowest BCUT2D eigenvalue weighted by Gasteiger charge is -2.10. The van der Waals surface area contributed by atoms with Gasteiger partial charge in [0.15, 0.2) is 11.7 Å². The summed E-state index contributed by atoms with van der Waals surface area (Å²) in [7, 11) is 0. The van der Waals surface area contributed by atoms with E-state index in [1.54, 1.807) is 18.0 Å². The maximum absolute atomic E-state index is 12.5. The predicted octanol–water partition coefficient (Wildman–Crippen LogP) is 6.06. The van der Waals surface area contributed by atoms with Crippen LogP contribution in [0.2, 0.25) is 0 Å². The number of hydrogen-bond donors (Lipinski definition) is 1. The molecule has 0 aliphatic rings. The lowest BCUT2D eigenvalue weighted by molar-refractivity contribution is -0.116. The van der Waals surface area contributed by atoms with E-state index in [1.165, 1.54) is 0 Å². The number of nitrogens with one attached hydrogen (secondary N) is 1. The van der Waals surface area contributed by atoms with Gasteiger partial charge in [-0.05, 0) is 24.3 Å². The highest BCUT2D eigenvalue weighted by Gasteiger charge is 2.11. The number of hydrogen-bond acceptors (Lipinski definition) is 4. The minimum Gasteiger partial charge on any atom is -0.441 e. The van der Waals surface area contributed by atoms with Gasteiger partial charge in [0.2, 0.25) is 5.91 Å². The van der Waals surface area contributed by atoms with Crippen molar-refractivity contribution in [3.05, 3.63) is 97.0 Å². The number of para-hydroxylation sites is 1. The predicted molar refractivity (Wildman–Crippen MR) is 116 cm³/mol. The van der Waals surface area contributed by atoms with Crippen LogP contribution >= 0.6 is 11.8 Å². The summed E-state index contributed by atoms with van der Waals surface area (Å²) >= 11 is 1.63. The first kappa shape index (κ1) is 19.0. The van der Waals surface area contributed by atoms with Crippen molar-refractivity contribution < 1.29 is 9.21 Å². The van der Waals surface area contributed by atoms with Crippen LogP contribution in [0.25, 0.3) is 11.3 Å². The Morgan fingerprint density at radius 1 is 0.897 bits per heavy atom. The topological polar surface area (TPSA) is 55.1 Å². The molecule has 1 aromatic heterocycles. The zero-order valence-electron chi connectivity index (χ0n) is 15.7. The van der Waals surface area contributed by atoms with Crippen molar-refractivity contribution in [2.75, 3.05) is 5.32 Å². The van der Waals surface area contributed by atoms with Gasteiger partial charge in [0.1, 0.15) is 0 Å². The quantitative estimate of drug-likeness (QED) is 0.409. The summed E-state index contributed by atoms with van der Waals surface area (Å²) in [4.78, 5) is 18.9. The Kier molecular flexibility index (Phi) is 6.07. The summed E-state index contributed by atoms with van der Waals surface area (Å²) in [6.45, 7) is 0. The molecule has 0 aliphatic carbocycles.